The Morgan fingerprint density at radius 3 is 2.33 bits per heavy atom. The molecule has 0 aliphatic heterocycles. The van der Waals surface area contributed by atoms with E-state index in [4.69, 9.17) is 20.6 Å². The van der Waals surface area contributed by atoms with Crippen LogP contribution in [-0.4, -0.2) is 33.1 Å². The molecule has 0 spiro atoms. The standard InChI is InChI=1S/C15H26ClO3PSi/c1-5-18-20(17,12-14-9-7-6-8-10-14)13-15(11-16)19-21(2,3)4/h6-10,15H,5,11-13H2,1-4H3/t15-,20?/m1/s1. The summed E-state index contributed by atoms with van der Waals surface area (Å²) in [5, 5.41) is 0. The average Bonchev–Trinajstić information content (AvgIpc) is 2.37. The number of alkyl halides is 1. The van der Waals surface area contributed by atoms with Crippen molar-refractivity contribution in [1.82, 2.24) is 0 Å². The SMILES string of the molecule is CCOP(=O)(Cc1ccccc1)C[C@@H](CCl)O[Si](C)(C)C. The fraction of sp³-hybridized carbons (Fsp3) is 0.600. The first-order valence-electron chi connectivity index (χ1n) is 7.28. The maximum Gasteiger partial charge on any atom is 0.209 e. The Labute approximate surface area is 134 Å². The topological polar surface area (TPSA) is 35.5 Å². The van der Waals surface area contributed by atoms with Crippen LogP contribution in [0.15, 0.2) is 30.3 Å². The Morgan fingerprint density at radius 1 is 1.24 bits per heavy atom. The van der Waals surface area contributed by atoms with Gasteiger partial charge in [0, 0.05) is 12.0 Å². The van der Waals surface area contributed by atoms with Gasteiger partial charge in [0.05, 0.1) is 18.9 Å². The number of hydrogen-bond donors (Lipinski definition) is 0. The molecule has 3 nitrogen and oxygen atoms in total. The fourth-order valence-corrected chi connectivity index (χ4v) is 6.31. The lowest BCUT2D eigenvalue weighted by Crippen LogP contribution is -2.35. The Balaban J connectivity index is 2.81. The van der Waals surface area contributed by atoms with Gasteiger partial charge < -0.3 is 8.95 Å². The molecule has 0 radical (unpaired) electrons. The largest absolute Gasteiger partial charge is 0.413 e. The quantitative estimate of drug-likeness (QED) is 0.359. The van der Waals surface area contributed by atoms with Crippen LogP contribution in [0.1, 0.15) is 12.5 Å². The van der Waals surface area contributed by atoms with E-state index in [1.165, 1.54) is 0 Å². The molecule has 0 N–H and O–H groups in total. The minimum atomic E-state index is -2.79. The maximum absolute atomic E-state index is 13.1. The van der Waals surface area contributed by atoms with Gasteiger partial charge in [-0.05, 0) is 32.1 Å². The first-order valence-corrected chi connectivity index (χ1v) is 13.2. The van der Waals surface area contributed by atoms with E-state index in [0.717, 1.165) is 5.56 Å². The Bertz CT molecular complexity index is 462. The predicted molar refractivity (Wildman–Crippen MR) is 93.2 cm³/mol. The molecular weight excluding hydrogens is 323 g/mol. The minimum absolute atomic E-state index is 0.209. The number of rotatable bonds is 9. The minimum Gasteiger partial charge on any atom is -0.413 e. The van der Waals surface area contributed by atoms with E-state index in [1.54, 1.807) is 0 Å². The molecular formula is C15H26ClO3PSi. The van der Waals surface area contributed by atoms with Crippen molar-refractivity contribution in [2.45, 2.75) is 38.8 Å². The van der Waals surface area contributed by atoms with Crippen molar-refractivity contribution in [3.63, 3.8) is 0 Å². The van der Waals surface area contributed by atoms with E-state index in [0.29, 0.717) is 24.8 Å². The molecule has 0 aliphatic rings. The van der Waals surface area contributed by atoms with Crippen LogP contribution in [0.25, 0.3) is 0 Å². The van der Waals surface area contributed by atoms with Crippen LogP contribution < -0.4 is 0 Å². The van der Waals surface area contributed by atoms with E-state index < -0.39 is 15.7 Å². The van der Waals surface area contributed by atoms with Crippen molar-refractivity contribution >= 4 is 27.3 Å². The predicted octanol–water partition coefficient (Wildman–Crippen LogP) is 4.96. The van der Waals surface area contributed by atoms with Crippen LogP contribution in [0.4, 0.5) is 0 Å². The van der Waals surface area contributed by atoms with Crippen molar-refractivity contribution in [3.8, 4) is 0 Å². The summed E-state index contributed by atoms with van der Waals surface area (Å²) in [6.07, 6.45) is 0.604. The molecule has 2 atom stereocenters. The lowest BCUT2D eigenvalue weighted by atomic mass is 10.2. The fourth-order valence-electron chi connectivity index (χ4n) is 2.19. The summed E-state index contributed by atoms with van der Waals surface area (Å²) >= 11 is 6.00. The van der Waals surface area contributed by atoms with Gasteiger partial charge in [-0.25, -0.2) is 0 Å². The van der Waals surface area contributed by atoms with Gasteiger partial charge in [0.25, 0.3) is 0 Å². The van der Waals surface area contributed by atoms with E-state index >= 15 is 0 Å². The molecule has 6 heteroatoms. The smallest absolute Gasteiger partial charge is 0.209 e. The molecule has 0 saturated carbocycles. The summed E-state index contributed by atoms with van der Waals surface area (Å²) in [5.74, 6) is 0.343. The second-order valence-electron chi connectivity index (χ2n) is 6.07. The van der Waals surface area contributed by atoms with Gasteiger partial charge in [-0.1, -0.05) is 30.3 Å². The Kier molecular flexibility index (Phi) is 7.65. The van der Waals surface area contributed by atoms with Crippen molar-refractivity contribution in [2.24, 2.45) is 0 Å². The van der Waals surface area contributed by atoms with Crippen LogP contribution >= 0.6 is 19.0 Å². The summed E-state index contributed by atoms with van der Waals surface area (Å²) in [6.45, 7) is 8.62. The third-order valence-corrected chi connectivity index (χ3v) is 6.73. The summed E-state index contributed by atoms with van der Waals surface area (Å²) < 4.78 is 24.7. The van der Waals surface area contributed by atoms with Crippen LogP contribution in [-0.2, 0) is 19.7 Å². The van der Waals surface area contributed by atoms with Gasteiger partial charge in [-0.2, -0.15) is 0 Å². The maximum atomic E-state index is 13.1. The molecule has 21 heavy (non-hydrogen) atoms. The van der Waals surface area contributed by atoms with Crippen LogP contribution in [0.5, 0.6) is 0 Å². The molecule has 0 fully saturated rings. The van der Waals surface area contributed by atoms with E-state index in [9.17, 15) is 4.57 Å². The molecule has 0 heterocycles. The lowest BCUT2D eigenvalue weighted by molar-refractivity contribution is 0.230. The average molecular weight is 349 g/mol. The van der Waals surface area contributed by atoms with Crippen LogP contribution in [0.3, 0.4) is 0 Å². The van der Waals surface area contributed by atoms with E-state index in [2.05, 4.69) is 19.6 Å². The molecule has 0 amide bonds. The first kappa shape index (κ1) is 18.9. The molecule has 1 unspecified atom stereocenters. The lowest BCUT2D eigenvalue weighted by Gasteiger charge is -2.28. The Morgan fingerprint density at radius 2 is 1.86 bits per heavy atom. The molecule has 0 aliphatic carbocycles. The molecule has 120 valence electrons. The van der Waals surface area contributed by atoms with Crippen LogP contribution in [0, 0.1) is 0 Å². The van der Waals surface area contributed by atoms with Gasteiger partial charge in [-0.3, -0.25) is 4.57 Å². The van der Waals surface area contributed by atoms with Gasteiger partial charge in [-0.15, -0.1) is 11.6 Å². The third kappa shape index (κ3) is 7.62. The van der Waals surface area contributed by atoms with Gasteiger partial charge in [0.1, 0.15) is 0 Å². The summed E-state index contributed by atoms with van der Waals surface area (Å²) in [4.78, 5) is 0. The van der Waals surface area contributed by atoms with Crippen molar-refractivity contribution in [1.29, 1.82) is 0 Å². The summed E-state index contributed by atoms with van der Waals surface area (Å²) in [7, 11) is -4.50. The second kappa shape index (κ2) is 8.49. The molecule has 1 aromatic carbocycles. The van der Waals surface area contributed by atoms with E-state index in [1.807, 2.05) is 37.3 Å². The zero-order valence-electron chi connectivity index (χ0n) is 13.3. The number of benzene rings is 1. The van der Waals surface area contributed by atoms with Gasteiger partial charge in [0.2, 0.25) is 7.37 Å². The highest BCUT2D eigenvalue weighted by atomic mass is 35.5. The van der Waals surface area contributed by atoms with Crippen molar-refractivity contribution in [3.05, 3.63) is 35.9 Å². The first-order chi connectivity index (χ1) is 9.78. The summed E-state index contributed by atoms with van der Waals surface area (Å²) in [6, 6.07) is 9.79. The molecule has 0 aromatic heterocycles. The van der Waals surface area contributed by atoms with Gasteiger partial charge >= 0.3 is 0 Å². The van der Waals surface area contributed by atoms with Crippen LogP contribution in [0.2, 0.25) is 19.6 Å². The monoisotopic (exact) mass is 348 g/mol. The number of hydrogen-bond acceptors (Lipinski definition) is 3. The number of halogens is 1. The van der Waals surface area contributed by atoms with Crippen molar-refractivity contribution in [2.75, 3.05) is 18.6 Å². The third-order valence-electron chi connectivity index (χ3n) is 2.80. The highest BCUT2D eigenvalue weighted by molar-refractivity contribution is 7.58. The zero-order valence-corrected chi connectivity index (χ0v) is 16.0. The molecule has 1 aromatic rings. The van der Waals surface area contributed by atoms with E-state index in [-0.39, 0.29) is 6.10 Å². The molecule has 0 saturated heterocycles. The highest BCUT2D eigenvalue weighted by Gasteiger charge is 2.30. The molecule has 0 bridgehead atoms. The van der Waals surface area contributed by atoms with Crippen molar-refractivity contribution < 1.29 is 13.5 Å². The zero-order chi connectivity index (χ0) is 15.9. The Hall–Kier alpha value is -0.123. The molecule has 1 rings (SSSR count). The summed E-state index contributed by atoms with van der Waals surface area (Å²) in [5.41, 5.74) is 1.02. The normalized spacial score (nSPS) is 16.4. The highest BCUT2D eigenvalue weighted by Crippen LogP contribution is 2.51. The second-order valence-corrected chi connectivity index (χ2v) is 13.4. The van der Waals surface area contributed by atoms with Gasteiger partial charge in [0.15, 0.2) is 8.32 Å².